The molecule has 0 aromatic heterocycles. The molecule has 7 heteroatoms. The van der Waals surface area contributed by atoms with Crippen LogP contribution in [0.2, 0.25) is 13.1 Å². The van der Waals surface area contributed by atoms with E-state index in [0.717, 1.165) is 70.5 Å². The smallest absolute Gasteiger partial charge is 0.166 e. The van der Waals surface area contributed by atoms with Crippen LogP contribution in [-0.2, 0) is 25.2 Å². The van der Waals surface area contributed by atoms with Crippen molar-refractivity contribution < 1.29 is 26.3 Å². The number of hydrogen-bond acceptors (Lipinski definition) is 0. The average Bonchev–Trinajstić information content (AvgIpc) is 3.58. The van der Waals surface area contributed by atoms with Crippen LogP contribution in [0, 0.1) is 0 Å². The van der Waals surface area contributed by atoms with Gasteiger partial charge in [0.05, 0.1) is 11.1 Å². The minimum atomic E-state index is -4.38. The summed E-state index contributed by atoms with van der Waals surface area (Å²) in [6, 6.07) is 22.6. The van der Waals surface area contributed by atoms with Gasteiger partial charge in [0, 0.05) is 0 Å². The molecular formula is C34H26F6Si. The number of allylic oxidation sites excluding steroid dienone is 2. The summed E-state index contributed by atoms with van der Waals surface area (Å²) < 4.78 is 78.6. The molecule has 0 bridgehead atoms. The molecule has 0 aliphatic heterocycles. The Hall–Kier alpha value is -3.84. The van der Waals surface area contributed by atoms with Gasteiger partial charge in [-0.3, -0.25) is 0 Å². The van der Waals surface area contributed by atoms with E-state index in [4.69, 9.17) is 0 Å². The van der Waals surface area contributed by atoms with Gasteiger partial charge < -0.3 is 0 Å². The Morgan fingerprint density at radius 2 is 0.878 bits per heavy atom. The molecule has 0 N–H and O–H groups in total. The number of alkyl halides is 6. The van der Waals surface area contributed by atoms with Crippen LogP contribution in [0.1, 0.15) is 33.4 Å². The average molecular weight is 577 g/mol. The zero-order valence-electron chi connectivity index (χ0n) is 22.4. The molecule has 4 aromatic rings. The van der Waals surface area contributed by atoms with E-state index in [1.54, 1.807) is 0 Å². The first-order valence-corrected chi connectivity index (χ1v) is 16.3. The first-order chi connectivity index (χ1) is 19.3. The van der Waals surface area contributed by atoms with Crippen LogP contribution in [0.3, 0.4) is 0 Å². The van der Waals surface area contributed by atoms with Crippen LogP contribution in [-0.4, -0.2) is 8.07 Å². The molecule has 0 fully saturated rings. The fourth-order valence-electron chi connectivity index (χ4n) is 5.93. The summed E-state index contributed by atoms with van der Waals surface area (Å²) in [5.41, 5.74) is 6.46. The summed E-state index contributed by atoms with van der Waals surface area (Å²) in [6.45, 7) is 4.63. The van der Waals surface area contributed by atoms with Gasteiger partial charge in [-0.25, -0.2) is 0 Å². The van der Waals surface area contributed by atoms with Crippen LogP contribution in [0.25, 0.3) is 34.4 Å². The highest BCUT2D eigenvalue weighted by molar-refractivity contribution is 6.92. The Balaban J connectivity index is 1.32. The molecule has 0 spiro atoms. The third kappa shape index (κ3) is 4.97. The van der Waals surface area contributed by atoms with Crippen LogP contribution >= 0.6 is 0 Å². The third-order valence-electron chi connectivity index (χ3n) is 8.44. The van der Waals surface area contributed by atoms with Gasteiger partial charge in [0.25, 0.3) is 0 Å². The standard InChI is InChI=1S/C34H26F6Si/c1-41(2,27-17-23-5-3-7-29(31(23)19-27)21-9-13-25(14-10-21)33(35,36)37)28-18-24-6-4-8-30(32(24)20-28)22-11-15-26(16-12-22)34(38,39)40/h3-16,19-20H,17-18H2,1-2H3. The van der Waals surface area contributed by atoms with Crippen molar-refractivity contribution in [1.82, 2.24) is 0 Å². The molecular weight excluding hydrogens is 550 g/mol. The van der Waals surface area contributed by atoms with Gasteiger partial charge in [0.15, 0.2) is 0 Å². The molecule has 0 heterocycles. The monoisotopic (exact) mass is 576 g/mol. The molecule has 0 amide bonds. The number of halogens is 6. The number of rotatable bonds is 4. The fraction of sp³-hybridized carbons (Fsp3) is 0.176. The van der Waals surface area contributed by atoms with Gasteiger partial charge in [0.2, 0.25) is 0 Å². The van der Waals surface area contributed by atoms with Crippen molar-refractivity contribution in [3.05, 3.63) is 129 Å². The van der Waals surface area contributed by atoms with Gasteiger partial charge in [0.1, 0.15) is 8.07 Å². The Morgan fingerprint density at radius 1 is 0.512 bits per heavy atom. The van der Waals surface area contributed by atoms with Crippen molar-refractivity contribution >= 4 is 20.2 Å². The Morgan fingerprint density at radius 3 is 1.22 bits per heavy atom. The third-order valence-corrected chi connectivity index (χ3v) is 12.3. The highest BCUT2D eigenvalue weighted by atomic mass is 28.3. The lowest BCUT2D eigenvalue weighted by molar-refractivity contribution is -0.138. The minimum Gasteiger partial charge on any atom is -0.166 e. The molecule has 41 heavy (non-hydrogen) atoms. The summed E-state index contributed by atoms with van der Waals surface area (Å²) in [5, 5.41) is 2.70. The van der Waals surface area contributed by atoms with E-state index >= 15 is 0 Å². The quantitative estimate of drug-likeness (QED) is 0.167. The first-order valence-electron chi connectivity index (χ1n) is 13.3. The van der Waals surface area contributed by atoms with Gasteiger partial charge >= 0.3 is 12.4 Å². The summed E-state index contributed by atoms with van der Waals surface area (Å²) in [7, 11) is -2.12. The SMILES string of the molecule is C[Si](C)(C1=Cc2c(cccc2-c2ccc(C(F)(F)F)cc2)C1)C1=Cc2c(cccc2-c2ccc(C(F)(F)F)cc2)C1. The molecule has 0 unspecified atom stereocenters. The largest absolute Gasteiger partial charge is 0.416 e. The summed E-state index contributed by atoms with van der Waals surface area (Å²) in [6.07, 6.45) is -2.70. The van der Waals surface area contributed by atoms with Crippen molar-refractivity contribution in [1.29, 1.82) is 0 Å². The van der Waals surface area contributed by atoms with Gasteiger partial charge in [-0.05, 0) is 81.6 Å². The molecule has 2 aliphatic carbocycles. The van der Waals surface area contributed by atoms with E-state index in [1.807, 2.05) is 24.3 Å². The Kier molecular flexibility index (Phi) is 6.41. The molecule has 0 atom stereocenters. The Bertz CT molecular complexity index is 1580. The van der Waals surface area contributed by atoms with Crippen LogP contribution in [0.4, 0.5) is 26.3 Å². The first kappa shape index (κ1) is 27.3. The molecule has 0 saturated carbocycles. The highest BCUT2D eigenvalue weighted by Gasteiger charge is 2.37. The van der Waals surface area contributed by atoms with Crippen molar-refractivity contribution in [3.63, 3.8) is 0 Å². The van der Waals surface area contributed by atoms with Crippen molar-refractivity contribution in [2.45, 2.75) is 38.3 Å². The second-order valence-corrected chi connectivity index (χ2v) is 15.8. The van der Waals surface area contributed by atoms with Crippen LogP contribution < -0.4 is 0 Å². The molecule has 208 valence electrons. The highest BCUT2D eigenvalue weighted by Crippen LogP contribution is 2.44. The van der Waals surface area contributed by atoms with Crippen LogP contribution in [0.5, 0.6) is 0 Å². The fourth-order valence-corrected chi connectivity index (χ4v) is 8.61. The van der Waals surface area contributed by atoms with Crippen molar-refractivity contribution in [2.75, 3.05) is 0 Å². The van der Waals surface area contributed by atoms with Gasteiger partial charge in [-0.1, -0.05) is 96.3 Å². The molecule has 4 aromatic carbocycles. The molecule has 0 saturated heterocycles. The maximum absolute atomic E-state index is 13.1. The summed E-state index contributed by atoms with van der Waals surface area (Å²) in [5.74, 6) is 0. The molecule has 0 radical (unpaired) electrons. The maximum Gasteiger partial charge on any atom is 0.416 e. The molecule has 2 aliphatic rings. The van der Waals surface area contributed by atoms with Crippen molar-refractivity contribution in [2.24, 2.45) is 0 Å². The summed E-state index contributed by atoms with van der Waals surface area (Å²) in [4.78, 5) is 0. The van der Waals surface area contributed by atoms with E-state index in [1.165, 1.54) is 45.8 Å². The summed E-state index contributed by atoms with van der Waals surface area (Å²) >= 11 is 0. The number of fused-ring (bicyclic) bond motifs is 2. The van der Waals surface area contributed by atoms with Gasteiger partial charge in [-0.2, -0.15) is 26.3 Å². The second kappa shape index (κ2) is 9.62. The second-order valence-electron chi connectivity index (χ2n) is 11.2. The zero-order chi connectivity index (χ0) is 29.2. The lowest BCUT2D eigenvalue weighted by Crippen LogP contribution is -2.32. The van der Waals surface area contributed by atoms with Crippen molar-refractivity contribution in [3.8, 4) is 22.3 Å². The van der Waals surface area contributed by atoms with E-state index in [2.05, 4.69) is 37.4 Å². The molecule has 6 rings (SSSR count). The normalized spacial score (nSPS) is 14.9. The maximum atomic E-state index is 13.1. The van der Waals surface area contributed by atoms with E-state index in [0.29, 0.717) is 0 Å². The molecule has 0 nitrogen and oxygen atoms in total. The lowest BCUT2D eigenvalue weighted by atomic mass is 9.96. The van der Waals surface area contributed by atoms with Gasteiger partial charge in [-0.15, -0.1) is 0 Å². The van der Waals surface area contributed by atoms with E-state index < -0.39 is 31.6 Å². The zero-order valence-corrected chi connectivity index (χ0v) is 23.4. The number of hydrogen-bond donors (Lipinski definition) is 0. The Labute approximate surface area is 235 Å². The minimum absolute atomic E-state index is 0.665. The van der Waals surface area contributed by atoms with E-state index in [9.17, 15) is 26.3 Å². The van der Waals surface area contributed by atoms with E-state index in [-0.39, 0.29) is 0 Å². The number of benzene rings is 4. The lowest BCUT2D eigenvalue weighted by Gasteiger charge is -2.26. The van der Waals surface area contributed by atoms with Crippen LogP contribution in [0.15, 0.2) is 95.3 Å². The predicted molar refractivity (Wildman–Crippen MR) is 155 cm³/mol. The predicted octanol–water partition coefficient (Wildman–Crippen LogP) is 10.4. The topological polar surface area (TPSA) is 0 Å².